The number of hydrogen-bond donors (Lipinski definition) is 5. The van der Waals surface area contributed by atoms with Crippen molar-refractivity contribution in [3.8, 4) is 5.75 Å². The number of aliphatic hydroxyl groups is 4. The van der Waals surface area contributed by atoms with Crippen molar-refractivity contribution >= 4 is 10.8 Å². The van der Waals surface area contributed by atoms with Gasteiger partial charge in [0.1, 0.15) is 12.4 Å². The van der Waals surface area contributed by atoms with E-state index in [-0.39, 0.29) is 11.1 Å². The normalized spacial score (nSPS) is 12.0. The fourth-order valence-electron chi connectivity index (χ4n) is 2.00. The van der Waals surface area contributed by atoms with E-state index in [1.807, 2.05) is 13.8 Å². The molecule has 0 saturated carbocycles. The van der Waals surface area contributed by atoms with Crippen LogP contribution in [0.25, 0.3) is 10.8 Å². The van der Waals surface area contributed by atoms with Crippen molar-refractivity contribution in [2.75, 3.05) is 6.61 Å². The molecule has 22 heavy (non-hydrogen) atoms. The van der Waals surface area contributed by atoms with E-state index in [1.54, 1.807) is 12.1 Å². The lowest BCUT2D eigenvalue weighted by atomic mass is 9.92. The molecule has 0 amide bonds. The summed E-state index contributed by atoms with van der Waals surface area (Å²) >= 11 is 0. The zero-order chi connectivity index (χ0) is 17.0. The molecule has 0 radical (unpaired) electrons. The molecule has 6 nitrogen and oxygen atoms in total. The zero-order valence-corrected chi connectivity index (χ0v) is 12.2. The van der Waals surface area contributed by atoms with Gasteiger partial charge in [-0.15, -0.1) is 0 Å². The molecule has 2 aromatic rings. The summed E-state index contributed by atoms with van der Waals surface area (Å²) in [4.78, 5) is 3.07. The van der Waals surface area contributed by atoms with Crippen LogP contribution in [-0.2, 0) is 10.7 Å². The Kier molecular flexibility index (Phi) is 5.81. The smallest absolute Gasteiger partial charge is 0.251 e. The maximum atomic E-state index is 11.8. The Labute approximate surface area is 126 Å². The van der Waals surface area contributed by atoms with Gasteiger partial charge in [-0.05, 0) is 16.0 Å². The standard InChI is InChI=1S/C13H13FO6.C2H6/c14-20-7-12(16,17)13(18,19)9-5-1-3-8-4-2-6-10(15)11(8)9;1-2/h1-6,15-19H,7H2;1-2H3. The molecule has 0 spiro atoms. The first-order valence-electron chi connectivity index (χ1n) is 6.65. The molecule has 0 aliphatic heterocycles. The lowest BCUT2D eigenvalue weighted by Gasteiger charge is -2.34. The van der Waals surface area contributed by atoms with Gasteiger partial charge in [-0.1, -0.05) is 44.2 Å². The number of phenolic OH excluding ortho intramolecular Hbond substituents is 1. The number of phenols is 1. The fraction of sp³-hybridized carbons (Fsp3) is 0.333. The van der Waals surface area contributed by atoms with Gasteiger partial charge in [-0.3, -0.25) is 0 Å². The molecule has 0 saturated heterocycles. The number of aromatic hydroxyl groups is 1. The molecular formula is C15H19FO6. The largest absolute Gasteiger partial charge is 0.507 e. The molecule has 0 aliphatic carbocycles. The average Bonchev–Trinajstić information content (AvgIpc) is 2.49. The van der Waals surface area contributed by atoms with E-state index in [9.17, 15) is 30.1 Å². The summed E-state index contributed by atoms with van der Waals surface area (Å²) in [5.41, 5.74) is -0.393. The van der Waals surface area contributed by atoms with E-state index >= 15 is 0 Å². The highest BCUT2D eigenvalue weighted by Crippen LogP contribution is 2.37. The van der Waals surface area contributed by atoms with Crippen molar-refractivity contribution < 1.29 is 35.0 Å². The Hall–Kier alpha value is -1.77. The molecule has 0 fully saturated rings. The summed E-state index contributed by atoms with van der Waals surface area (Å²) in [6, 6.07) is 8.58. The van der Waals surface area contributed by atoms with Crippen LogP contribution < -0.4 is 0 Å². The zero-order valence-electron chi connectivity index (χ0n) is 12.2. The van der Waals surface area contributed by atoms with Crippen LogP contribution in [0.2, 0.25) is 0 Å². The van der Waals surface area contributed by atoms with Gasteiger partial charge in [0, 0.05) is 10.9 Å². The van der Waals surface area contributed by atoms with Gasteiger partial charge in [0.15, 0.2) is 0 Å². The SMILES string of the molecule is CC.Oc1cccc2cccc(C(O)(O)C(O)(O)COF)c12. The summed E-state index contributed by atoms with van der Waals surface area (Å²) in [5, 5.41) is 49.3. The van der Waals surface area contributed by atoms with Gasteiger partial charge in [0.25, 0.3) is 5.79 Å². The van der Waals surface area contributed by atoms with Crippen molar-refractivity contribution in [3.63, 3.8) is 0 Å². The van der Waals surface area contributed by atoms with Crippen molar-refractivity contribution in [1.29, 1.82) is 0 Å². The van der Waals surface area contributed by atoms with Crippen LogP contribution in [0.5, 0.6) is 5.75 Å². The van der Waals surface area contributed by atoms with Crippen LogP contribution in [0, 0.1) is 0 Å². The Morgan fingerprint density at radius 1 is 1.00 bits per heavy atom. The maximum absolute atomic E-state index is 11.8. The van der Waals surface area contributed by atoms with Gasteiger partial charge < -0.3 is 25.5 Å². The summed E-state index contributed by atoms with van der Waals surface area (Å²) < 4.78 is 11.8. The van der Waals surface area contributed by atoms with Crippen LogP contribution in [-0.4, -0.2) is 37.9 Å². The average molecular weight is 314 g/mol. The van der Waals surface area contributed by atoms with Crippen molar-refractivity contribution in [2.24, 2.45) is 0 Å². The first-order valence-corrected chi connectivity index (χ1v) is 6.65. The third-order valence-electron chi connectivity index (χ3n) is 3.07. The maximum Gasteiger partial charge on any atom is 0.251 e. The quantitative estimate of drug-likeness (QED) is 0.544. The number of hydrogen-bond acceptors (Lipinski definition) is 6. The molecule has 7 heteroatoms. The minimum atomic E-state index is -3.31. The van der Waals surface area contributed by atoms with Crippen LogP contribution in [0.4, 0.5) is 4.53 Å². The summed E-state index contributed by atoms with van der Waals surface area (Å²) in [6.07, 6.45) is 0. The van der Waals surface area contributed by atoms with Crippen LogP contribution >= 0.6 is 0 Å². The topological polar surface area (TPSA) is 110 Å². The van der Waals surface area contributed by atoms with Gasteiger partial charge in [0.2, 0.25) is 5.79 Å². The predicted molar refractivity (Wildman–Crippen MR) is 77.3 cm³/mol. The lowest BCUT2D eigenvalue weighted by molar-refractivity contribution is -0.392. The molecule has 0 aliphatic rings. The minimum Gasteiger partial charge on any atom is -0.507 e. The molecule has 2 rings (SSSR count). The summed E-state index contributed by atoms with van der Waals surface area (Å²) in [6.45, 7) is 2.62. The van der Waals surface area contributed by atoms with Crippen LogP contribution in [0.3, 0.4) is 0 Å². The predicted octanol–water partition coefficient (Wildman–Crippen LogP) is 1.29. The Morgan fingerprint density at radius 3 is 2.09 bits per heavy atom. The van der Waals surface area contributed by atoms with E-state index in [2.05, 4.69) is 4.94 Å². The van der Waals surface area contributed by atoms with Gasteiger partial charge in [-0.25, -0.2) is 0 Å². The third kappa shape index (κ3) is 3.18. The highest BCUT2D eigenvalue weighted by atomic mass is 19.3. The number of rotatable bonds is 4. The highest BCUT2D eigenvalue weighted by Gasteiger charge is 2.50. The molecule has 0 bridgehead atoms. The van der Waals surface area contributed by atoms with Crippen LogP contribution in [0.15, 0.2) is 36.4 Å². The van der Waals surface area contributed by atoms with Gasteiger partial charge in [0.05, 0.1) is 0 Å². The van der Waals surface area contributed by atoms with E-state index in [0.29, 0.717) is 5.39 Å². The molecule has 0 atom stereocenters. The number of fused-ring (bicyclic) bond motifs is 1. The molecule has 5 N–H and O–H groups in total. The molecule has 2 aromatic carbocycles. The second-order valence-corrected chi connectivity index (χ2v) is 4.42. The number of benzene rings is 2. The molecular weight excluding hydrogens is 295 g/mol. The molecule has 0 aromatic heterocycles. The second kappa shape index (κ2) is 6.99. The Balaban J connectivity index is 0.00000116. The Bertz CT molecular complexity index is 621. The lowest BCUT2D eigenvalue weighted by Crippen LogP contribution is -2.54. The fourth-order valence-corrected chi connectivity index (χ4v) is 2.00. The number of halogens is 1. The first kappa shape index (κ1) is 18.3. The van der Waals surface area contributed by atoms with Crippen molar-refractivity contribution in [2.45, 2.75) is 25.4 Å². The van der Waals surface area contributed by atoms with E-state index in [1.165, 1.54) is 24.3 Å². The van der Waals surface area contributed by atoms with E-state index < -0.39 is 23.7 Å². The molecule has 0 unspecified atom stereocenters. The third-order valence-corrected chi connectivity index (χ3v) is 3.07. The summed E-state index contributed by atoms with van der Waals surface area (Å²) in [7, 11) is 0. The first-order chi connectivity index (χ1) is 10.3. The molecule has 0 heterocycles. The van der Waals surface area contributed by atoms with Gasteiger partial charge >= 0.3 is 0 Å². The minimum absolute atomic E-state index is 0.00586. The highest BCUT2D eigenvalue weighted by molar-refractivity contribution is 5.91. The Morgan fingerprint density at radius 2 is 1.55 bits per heavy atom. The van der Waals surface area contributed by atoms with E-state index in [0.717, 1.165) is 0 Å². The van der Waals surface area contributed by atoms with Gasteiger partial charge in [-0.2, -0.15) is 4.94 Å². The summed E-state index contributed by atoms with van der Waals surface area (Å²) in [5.74, 6) is -6.85. The second-order valence-electron chi connectivity index (χ2n) is 4.42. The monoisotopic (exact) mass is 314 g/mol. The van der Waals surface area contributed by atoms with Crippen molar-refractivity contribution in [3.05, 3.63) is 42.0 Å². The van der Waals surface area contributed by atoms with E-state index in [4.69, 9.17) is 0 Å². The van der Waals surface area contributed by atoms with Crippen molar-refractivity contribution in [1.82, 2.24) is 0 Å². The molecule has 122 valence electrons. The van der Waals surface area contributed by atoms with Crippen LogP contribution in [0.1, 0.15) is 19.4 Å².